The van der Waals surface area contributed by atoms with Gasteiger partial charge in [0.05, 0.1) is 5.92 Å². The first kappa shape index (κ1) is 13.0. The van der Waals surface area contributed by atoms with Crippen molar-refractivity contribution in [2.45, 2.75) is 6.92 Å². The maximum Gasteiger partial charge on any atom is 0.308 e. The fraction of sp³-hybridized carbons (Fsp3) is 0.333. The summed E-state index contributed by atoms with van der Waals surface area (Å²) in [6, 6.07) is 6.74. The highest BCUT2D eigenvalue weighted by Gasteiger charge is 2.14. The number of nitrogens with two attached hydrogens (primary N) is 1. The summed E-state index contributed by atoms with van der Waals surface area (Å²) in [4.78, 5) is 23.4. The van der Waals surface area contributed by atoms with E-state index in [1.165, 1.54) is 0 Å². The Hall–Kier alpha value is -2.04. The van der Waals surface area contributed by atoms with E-state index < -0.39 is 17.8 Å². The summed E-state index contributed by atoms with van der Waals surface area (Å²) in [5.41, 5.74) is 6.42. The van der Waals surface area contributed by atoms with Crippen LogP contribution in [0.1, 0.15) is 17.3 Å². The van der Waals surface area contributed by atoms with Gasteiger partial charge in [-0.1, -0.05) is 6.92 Å². The molecule has 17 heavy (non-hydrogen) atoms. The zero-order valence-corrected chi connectivity index (χ0v) is 9.88. The van der Waals surface area contributed by atoms with E-state index in [1.54, 1.807) is 38.2 Å². The highest BCUT2D eigenvalue weighted by atomic mass is 16.4. The molecular formula is C12H16N2O3. The van der Waals surface area contributed by atoms with Crippen LogP contribution in [0.5, 0.6) is 0 Å². The van der Waals surface area contributed by atoms with Crippen molar-refractivity contribution in [3.05, 3.63) is 29.8 Å². The second-order valence-electron chi connectivity index (χ2n) is 4.03. The monoisotopic (exact) mass is 236 g/mol. The molecule has 1 unspecified atom stereocenters. The number of rotatable bonds is 5. The lowest BCUT2D eigenvalue weighted by atomic mass is 10.1. The smallest absolute Gasteiger partial charge is 0.308 e. The lowest BCUT2D eigenvalue weighted by molar-refractivity contribution is -0.140. The third-order valence-corrected chi connectivity index (χ3v) is 2.56. The molecule has 1 aromatic rings. The molecule has 0 heterocycles. The van der Waals surface area contributed by atoms with Crippen molar-refractivity contribution < 1.29 is 14.7 Å². The molecule has 0 aliphatic heterocycles. The molecule has 1 atom stereocenters. The minimum absolute atomic E-state index is 0.408. The zero-order valence-electron chi connectivity index (χ0n) is 9.88. The molecule has 0 spiro atoms. The maximum absolute atomic E-state index is 10.9. The van der Waals surface area contributed by atoms with Gasteiger partial charge < -0.3 is 15.7 Å². The van der Waals surface area contributed by atoms with Gasteiger partial charge in [0.1, 0.15) is 0 Å². The van der Waals surface area contributed by atoms with E-state index in [4.69, 9.17) is 10.8 Å². The van der Waals surface area contributed by atoms with Gasteiger partial charge in [0.25, 0.3) is 0 Å². The van der Waals surface area contributed by atoms with Crippen LogP contribution in [-0.2, 0) is 4.79 Å². The lowest BCUT2D eigenvalue weighted by Crippen LogP contribution is -2.28. The van der Waals surface area contributed by atoms with E-state index in [-0.39, 0.29) is 0 Å². The first-order valence-electron chi connectivity index (χ1n) is 5.25. The Morgan fingerprint density at radius 2 is 1.88 bits per heavy atom. The van der Waals surface area contributed by atoms with E-state index in [2.05, 4.69) is 0 Å². The van der Waals surface area contributed by atoms with Crippen LogP contribution in [0, 0.1) is 5.92 Å². The Kier molecular flexibility index (Phi) is 4.09. The minimum Gasteiger partial charge on any atom is -0.481 e. The minimum atomic E-state index is -0.828. The Morgan fingerprint density at radius 3 is 2.29 bits per heavy atom. The number of carbonyl (C=O) groups excluding carboxylic acids is 1. The molecule has 0 radical (unpaired) electrons. The summed E-state index contributed by atoms with van der Waals surface area (Å²) < 4.78 is 0. The number of carbonyl (C=O) groups is 2. The predicted octanol–water partition coefficient (Wildman–Crippen LogP) is 0.942. The molecule has 0 aliphatic rings. The van der Waals surface area contributed by atoms with Gasteiger partial charge in [-0.2, -0.15) is 0 Å². The number of carboxylic acids is 1. The summed E-state index contributed by atoms with van der Waals surface area (Å²) in [5.74, 6) is -1.75. The first-order valence-corrected chi connectivity index (χ1v) is 5.25. The summed E-state index contributed by atoms with van der Waals surface area (Å²) in [5, 5.41) is 8.81. The summed E-state index contributed by atoms with van der Waals surface area (Å²) >= 11 is 0. The van der Waals surface area contributed by atoms with E-state index in [0.717, 1.165) is 5.69 Å². The zero-order chi connectivity index (χ0) is 13.0. The van der Waals surface area contributed by atoms with Crippen molar-refractivity contribution in [1.29, 1.82) is 0 Å². The first-order chi connectivity index (χ1) is 7.91. The molecular weight excluding hydrogens is 220 g/mol. The molecule has 0 aliphatic carbocycles. The van der Waals surface area contributed by atoms with Gasteiger partial charge in [0.2, 0.25) is 5.91 Å². The SMILES string of the molecule is CC(CN(C)c1ccc(C(N)=O)cc1)C(=O)O. The summed E-state index contributed by atoms with van der Waals surface area (Å²) in [6.07, 6.45) is 0. The van der Waals surface area contributed by atoms with Gasteiger partial charge in [0, 0.05) is 24.8 Å². The van der Waals surface area contributed by atoms with Gasteiger partial charge in [-0.25, -0.2) is 0 Å². The number of anilines is 1. The number of nitrogens with zero attached hydrogens (tertiary/aromatic N) is 1. The van der Waals surface area contributed by atoms with Crippen LogP contribution >= 0.6 is 0 Å². The third-order valence-electron chi connectivity index (χ3n) is 2.56. The standard InChI is InChI=1S/C12H16N2O3/c1-8(12(16)17)7-14(2)10-5-3-9(4-6-10)11(13)15/h3-6,8H,7H2,1-2H3,(H2,13,15)(H,16,17). The molecule has 5 nitrogen and oxygen atoms in total. The summed E-state index contributed by atoms with van der Waals surface area (Å²) in [7, 11) is 1.80. The summed E-state index contributed by atoms with van der Waals surface area (Å²) in [6.45, 7) is 2.06. The maximum atomic E-state index is 10.9. The highest BCUT2D eigenvalue weighted by Crippen LogP contribution is 2.15. The van der Waals surface area contributed by atoms with Gasteiger partial charge in [-0.05, 0) is 24.3 Å². The van der Waals surface area contributed by atoms with Crippen molar-refractivity contribution >= 4 is 17.6 Å². The van der Waals surface area contributed by atoms with Crippen molar-refractivity contribution in [3.63, 3.8) is 0 Å². The second kappa shape index (κ2) is 5.34. The molecule has 0 aromatic heterocycles. The third kappa shape index (κ3) is 3.48. The number of amides is 1. The molecule has 1 amide bonds. The van der Waals surface area contributed by atoms with Crippen molar-refractivity contribution in [2.75, 3.05) is 18.5 Å². The average Bonchev–Trinajstić information content (AvgIpc) is 2.28. The van der Waals surface area contributed by atoms with Crippen LogP contribution < -0.4 is 10.6 Å². The van der Waals surface area contributed by atoms with Crippen LogP contribution in [0.4, 0.5) is 5.69 Å². The van der Waals surface area contributed by atoms with Crippen molar-refractivity contribution in [2.24, 2.45) is 11.7 Å². The number of benzene rings is 1. The number of aliphatic carboxylic acids is 1. The fourth-order valence-corrected chi connectivity index (χ4v) is 1.47. The molecule has 0 bridgehead atoms. The normalized spacial score (nSPS) is 11.9. The van der Waals surface area contributed by atoms with Crippen LogP contribution in [-0.4, -0.2) is 30.6 Å². The topological polar surface area (TPSA) is 83.6 Å². The van der Waals surface area contributed by atoms with Gasteiger partial charge in [-0.3, -0.25) is 9.59 Å². The van der Waals surface area contributed by atoms with Crippen LogP contribution in [0.25, 0.3) is 0 Å². The molecule has 1 rings (SSSR count). The van der Waals surface area contributed by atoms with Gasteiger partial charge >= 0.3 is 5.97 Å². The molecule has 92 valence electrons. The van der Waals surface area contributed by atoms with Crippen LogP contribution in [0.15, 0.2) is 24.3 Å². The average molecular weight is 236 g/mol. The van der Waals surface area contributed by atoms with Crippen molar-refractivity contribution in [1.82, 2.24) is 0 Å². The van der Waals surface area contributed by atoms with Gasteiger partial charge in [0.15, 0.2) is 0 Å². The number of hydrogen-bond acceptors (Lipinski definition) is 3. The molecule has 0 fully saturated rings. The Bertz CT molecular complexity index is 414. The molecule has 3 N–H and O–H groups in total. The molecule has 0 saturated heterocycles. The Balaban J connectivity index is 2.73. The van der Waals surface area contributed by atoms with Crippen LogP contribution in [0.3, 0.4) is 0 Å². The number of carboxylic acid groups (broad SMARTS) is 1. The predicted molar refractivity (Wildman–Crippen MR) is 65.0 cm³/mol. The second-order valence-corrected chi connectivity index (χ2v) is 4.03. The lowest BCUT2D eigenvalue weighted by Gasteiger charge is -2.21. The fourth-order valence-electron chi connectivity index (χ4n) is 1.47. The van der Waals surface area contributed by atoms with E-state index in [0.29, 0.717) is 12.1 Å². The highest BCUT2D eigenvalue weighted by molar-refractivity contribution is 5.93. The largest absolute Gasteiger partial charge is 0.481 e. The van der Waals surface area contributed by atoms with E-state index in [9.17, 15) is 9.59 Å². The quantitative estimate of drug-likeness (QED) is 0.797. The Labute approximate surface area is 99.8 Å². The van der Waals surface area contributed by atoms with Gasteiger partial charge in [-0.15, -0.1) is 0 Å². The van der Waals surface area contributed by atoms with E-state index in [1.807, 2.05) is 4.90 Å². The molecule has 0 saturated carbocycles. The van der Waals surface area contributed by atoms with E-state index >= 15 is 0 Å². The number of primary amides is 1. The number of hydrogen-bond donors (Lipinski definition) is 2. The Morgan fingerprint density at radius 1 is 1.35 bits per heavy atom. The van der Waals surface area contributed by atoms with Crippen LogP contribution in [0.2, 0.25) is 0 Å². The molecule has 1 aromatic carbocycles. The molecule has 5 heteroatoms. The van der Waals surface area contributed by atoms with Crippen molar-refractivity contribution in [3.8, 4) is 0 Å².